The van der Waals surface area contributed by atoms with E-state index in [1.54, 1.807) is 24.2 Å². The monoisotopic (exact) mass is 371 g/mol. The number of rotatable bonds is 5. The van der Waals surface area contributed by atoms with Gasteiger partial charge < -0.3 is 16.5 Å². The number of hydrazone groups is 1. The van der Waals surface area contributed by atoms with Gasteiger partial charge in [0.25, 0.3) is 0 Å². The third-order valence-corrected chi connectivity index (χ3v) is 4.65. The van der Waals surface area contributed by atoms with Crippen molar-refractivity contribution in [3.05, 3.63) is 64.7 Å². The van der Waals surface area contributed by atoms with E-state index in [-0.39, 0.29) is 22.7 Å². The predicted octanol–water partition coefficient (Wildman–Crippen LogP) is 2.76. The van der Waals surface area contributed by atoms with Crippen molar-refractivity contribution in [3.8, 4) is 0 Å². The zero-order valence-corrected chi connectivity index (χ0v) is 14.7. The first-order valence-electron chi connectivity index (χ1n) is 8.23. The maximum Gasteiger partial charge on any atom is 0.249 e. The molecule has 8 heteroatoms. The quantitative estimate of drug-likeness (QED) is 0.557. The number of fused-ring (bicyclic) bond motifs is 1. The highest BCUT2D eigenvalue weighted by Gasteiger charge is 2.37. The SMILES string of the molecule is C=NN(C)C[C@H]1C(=N)c2c(cc(F)cc2C(N)=O)N[C@@H]1c1ccc(F)cc1. The third kappa shape index (κ3) is 3.51. The Morgan fingerprint density at radius 1 is 1.30 bits per heavy atom. The summed E-state index contributed by atoms with van der Waals surface area (Å²) in [6, 6.07) is 7.66. The number of halogens is 2. The number of amides is 1. The van der Waals surface area contributed by atoms with Crippen LogP contribution in [-0.4, -0.2) is 36.9 Å². The Morgan fingerprint density at radius 3 is 2.56 bits per heavy atom. The standard InChI is InChI=1S/C19H19F2N5O/c1-24-26(2)9-14-17(22)16-13(19(23)27)7-12(21)8-15(16)25-18(14)10-3-5-11(20)6-4-10/h3-8,14,18,22,25H,1,9H2,2H3,(H2,23,27)/t14-,18+/m0/s1. The molecule has 0 unspecified atom stereocenters. The zero-order chi connectivity index (χ0) is 19.7. The molecule has 1 heterocycles. The summed E-state index contributed by atoms with van der Waals surface area (Å²) in [5.74, 6) is -2.29. The molecule has 3 rings (SSSR count). The maximum absolute atomic E-state index is 14.0. The number of nitrogens with one attached hydrogen (secondary N) is 2. The van der Waals surface area contributed by atoms with Gasteiger partial charge >= 0.3 is 0 Å². The number of hydrogen-bond donors (Lipinski definition) is 3. The minimum Gasteiger partial charge on any atom is -0.377 e. The van der Waals surface area contributed by atoms with Gasteiger partial charge in [0.05, 0.1) is 11.6 Å². The van der Waals surface area contributed by atoms with E-state index in [0.29, 0.717) is 12.2 Å². The minimum atomic E-state index is -0.813. The van der Waals surface area contributed by atoms with Gasteiger partial charge in [0, 0.05) is 43.2 Å². The van der Waals surface area contributed by atoms with E-state index in [4.69, 9.17) is 11.1 Å². The second-order valence-corrected chi connectivity index (χ2v) is 6.42. The molecule has 0 aliphatic carbocycles. The van der Waals surface area contributed by atoms with Gasteiger partial charge in [-0.25, -0.2) is 8.78 Å². The van der Waals surface area contributed by atoms with Crippen LogP contribution in [0, 0.1) is 23.0 Å². The van der Waals surface area contributed by atoms with Crippen LogP contribution in [0.2, 0.25) is 0 Å². The lowest BCUT2D eigenvalue weighted by molar-refractivity contribution is 0.0999. The molecule has 0 fully saturated rings. The normalized spacial score (nSPS) is 18.4. The Bertz CT molecular complexity index is 913. The number of carbonyl (C=O) groups excluding carboxylic acids is 1. The fourth-order valence-corrected chi connectivity index (χ4v) is 3.35. The summed E-state index contributed by atoms with van der Waals surface area (Å²) in [4.78, 5) is 11.8. The van der Waals surface area contributed by atoms with E-state index in [1.807, 2.05) is 0 Å². The van der Waals surface area contributed by atoms with Crippen LogP contribution in [-0.2, 0) is 0 Å². The van der Waals surface area contributed by atoms with Gasteiger partial charge in [-0.05, 0) is 29.8 Å². The van der Waals surface area contributed by atoms with Crippen molar-refractivity contribution in [2.24, 2.45) is 16.8 Å². The number of carbonyl (C=O) groups is 1. The summed E-state index contributed by atoms with van der Waals surface area (Å²) < 4.78 is 27.3. The van der Waals surface area contributed by atoms with Crippen molar-refractivity contribution in [3.63, 3.8) is 0 Å². The lowest BCUT2D eigenvalue weighted by Gasteiger charge is -2.37. The summed E-state index contributed by atoms with van der Waals surface area (Å²) in [6.45, 7) is 3.79. The average molecular weight is 371 g/mol. The predicted molar refractivity (Wildman–Crippen MR) is 100 cm³/mol. The van der Waals surface area contributed by atoms with Crippen LogP contribution in [0.4, 0.5) is 14.5 Å². The number of primary amides is 1. The summed E-state index contributed by atoms with van der Waals surface area (Å²) in [5, 5.41) is 17.3. The number of hydrogen-bond acceptors (Lipinski definition) is 5. The van der Waals surface area contributed by atoms with Gasteiger partial charge in [-0.1, -0.05) is 12.1 Å². The van der Waals surface area contributed by atoms with E-state index in [1.165, 1.54) is 18.2 Å². The average Bonchev–Trinajstić information content (AvgIpc) is 2.63. The van der Waals surface area contributed by atoms with E-state index < -0.39 is 23.7 Å². The Balaban J connectivity index is 2.14. The third-order valence-electron chi connectivity index (χ3n) is 4.65. The van der Waals surface area contributed by atoms with E-state index >= 15 is 0 Å². The lowest BCUT2D eigenvalue weighted by atomic mass is 9.80. The van der Waals surface area contributed by atoms with Crippen LogP contribution >= 0.6 is 0 Å². The van der Waals surface area contributed by atoms with Gasteiger partial charge in [0.2, 0.25) is 5.91 Å². The van der Waals surface area contributed by atoms with E-state index in [9.17, 15) is 13.6 Å². The van der Waals surface area contributed by atoms with Crippen molar-refractivity contribution in [1.29, 1.82) is 5.41 Å². The van der Waals surface area contributed by atoms with Gasteiger partial charge in [-0.2, -0.15) is 5.10 Å². The van der Waals surface area contributed by atoms with Crippen molar-refractivity contribution >= 4 is 24.0 Å². The van der Waals surface area contributed by atoms with Gasteiger partial charge in [-0.15, -0.1) is 0 Å². The molecule has 1 amide bonds. The molecule has 1 aliphatic rings. The molecule has 27 heavy (non-hydrogen) atoms. The fourth-order valence-electron chi connectivity index (χ4n) is 3.35. The van der Waals surface area contributed by atoms with E-state index in [2.05, 4.69) is 17.1 Å². The largest absolute Gasteiger partial charge is 0.377 e. The number of benzene rings is 2. The molecular formula is C19H19F2N5O. The molecule has 6 nitrogen and oxygen atoms in total. The zero-order valence-electron chi connectivity index (χ0n) is 14.7. The molecule has 0 bridgehead atoms. The van der Waals surface area contributed by atoms with E-state index in [0.717, 1.165) is 11.6 Å². The Kier molecular flexibility index (Phi) is 4.89. The number of nitrogens with zero attached hydrogens (tertiary/aromatic N) is 2. The molecule has 2 aromatic rings. The summed E-state index contributed by atoms with van der Waals surface area (Å²) in [7, 11) is 1.71. The Hall–Kier alpha value is -3.29. The lowest BCUT2D eigenvalue weighted by Crippen LogP contribution is -2.40. The first kappa shape index (κ1) is 18.5. The summed E-state index contributed by atoms with van der Waals surface area (Å²) >= 11 is 0. The first-order valence-corrected chi connectivity index (χ1v) is 8.23. The number of anilines is 1. The van der Waals surface area contributed by atoms with Gasteiger partial charge in [0.1, 0.15) is 11.6 Å². The Morgan fingerprint density at radius 2 is 1.96 bits per heavy atom. The van der Waals surface area contributed by atoms with Crippen LogP contribution in [0.5, 0.6) is 0 Å². The molecule has 0 spiro atoms. The minimum absolute atomic E-state index is 0.0562. The summed E-state index contributed by atoms with van der Waals surface area (Å²) in [5.41, 5.74) is 6.75. The van der Waals surface area contributed by atoms with Crippen molar-refractivity contribution in [1.82, 2.24) is 5.01 Å². The molecule has 1 aliphatic heterocycles. The van der Waals surface area contributed by atoms with Gasteiger partial charge in [-0.3, -0.25) is 9.80 Å². The highest BCUT2D eigenvalue weighted by atomic mass is 19.1. The number of nitrogens with two attached hydrogens (primary N) is 1. The topological polar surface area (TPSA) is 94.6 Å². The molecule has 2 atom stereocenters. The van der Waals surface area contributed by atoms with Crippen LogP contribution in [0.25, 0.3) is 0 Å². The van der Waals surface area contributed by atoms with Crippen LogP contribution in [0.1, 0.15) is 27.5 Å². The summed E-state index contributed by atoms with van der Waals surface area (Å²) in [6.07, 6.45) is 0. The van der Waals surface area contributed by atoms with Crippen molar-refractivity contribution < 1.29 is 13.6 Å². The van der Waals surface area contributed by atoms with Crippen molar-refractivity contribution in [2.45, 2.75) is 6.04 Å². The van der Waals surface area contributed by atoms with Crippen LogP contribution in [0.3, 0.4) is 0 Å². The second-order valence-electron chi connectivity index (χ2n) is 6.42. The molecule has 2 aromatic carbocycles. The molecule has 0 aromatic heterocycles. The van der Waals surface area contributed by atoms with Crippen molar-refractivity contribution in [2.75, 3.05) is 18.9 Å². The first-order chi connectivity index (χ1) is 12.8. The second kappa shape index (κ2) is 7.14. The highest BCUT2D eigenvalue weighted by molar-refractivity contribution is 6.14. The fraction of sp³-hybridized carbons (Fsp3) is 0.211. The highest BCUT2D eigenvalue weighted by Crippen LogP contribution is 2.39. The maximum atomic E-state index is 14.0. The molecule has 140 valence electrons. The van der Waals surface area contributed by atoms with Crippen LogP contribution in [0.15, 0.2) is 41.5 Å². The molecule has 0 saturated heterocycles. The molecule has 0 saturated carbocycles. The molecule has 4 N–H and O–H groups in total. The molecule has 0 radical (unpaired) electrons. The van der Waals surface area contributed by atoms with Crippen LogP contribution < -0.4 is 11.1 Å². The van der Waals surface area contributed by atoms with Gasteiger partial charge in [0.15, 0.2) is 0 Å². The Labute approximate surface area is 155 Å². The smallest absolute Gasteiger partial charge is 0.249 e. The molecular weight excluding hydrogens is 352 g/mol.